The number of rotatable bonds is 0. The minimum Gasteiger partial charge on any atom is -0.369 e. The molecular formula is C18H21N3O2S. The Kier molecular flexibility index (Phi) is 3.67. The molecule has 0 aromatic heterocycles. The van der Waals surface area contributed by atoms with Gasteiger partial charge in [-0.05, 0) is 32.1 Å². The van der Waals surface area contributed by atoms with Gasteiger partial charge >= 0.3 is 0 Å². The van der Waals surface area contributed by atoms with Crippen molar-refractivity contribution in [3.05, 3.63) is 10.6 Å². The Hall–Kier alpha value is -1.50. The summed E-state index contributed by atoms with van der Waals surface area (Å²) in [5.74, 6) is -1.13. The molecule has 0 aromatic carbocycles. The second-order valence-corrected chi connectivity index (χ2v) is 8.67. The van der Waals surface area contributed by atoms with Gasteiger partial charge in [-0.2, -0.15) is 10.5 Å². The number of nitriles is 2. The fourth-order valence-electron chi connectivity index (χ4n) is 5.12. The van der Waals surface area contributed by atoms with E-state index in [2.05, 4.69) is 12.1 Å². The average molecular weight is 343 g/mol. The zero-order chi connectivity index (χ0) is 16.9. The van der Waals surface area contributed by atoms with Gasteiger partial charge in [0.1, 0.15) is 5.92 Å². The van der Waals surface area contributed by atoms with Crippen molar-refractivity contribution >= 4 is 17.7 Å². The molecule has 1 amide bonds. The van der Waals surface area contributed by atoms with E-state index in [1.807, 2.05) is 0 Å². The molecule has 4 rings (SSSR count). The summed E-state index contributed by atoms with van der Waals surface area (Å²) in [6.45, 7) is 0. The van der Waals surface area contributed by atoms with Crippen LogP contribution in [0.4, 0.5) is 0 Å². The zero-order valence-corrected chi connectivity index (χ0v) is 14.4. The van der Waals surface area contributed by atoms with Gasteiger partial charge in [0.15, 0.2) is 5.72 Å². The zero-order valence-electron chi connectivity index (χ0n) is 13.6. The molecule has 2 aliphatic carbocycles. The number of carbonyl (C=O) groups is 1. The van der Waals surface area contributed by atoms with E-state index in [1.54, 1.807) is 0 Å². The van der Waals surface area contributed by atoms with Gasteiger partial charge in [-0.1, -0.05) is 37.4 Å². The quantitative estimate of drug-likeness (QED) is 0.730. The van der Waals surface area contributed by atoms with Crippen LogP contribution in [-0.2, 0) is 4.79 Å². The first-order valence-corrected chi connectivity index (χ1v) is 9.74. The van der Waals surface area contributed by atoms with Crippen LogP contribution in [0.15, 0.2) is 10.6 Å². The topological polar surface area (TPSA) is 88.1 Å². The van der Waals surface area contributed by atoms with Gasteiger partial charge in [-0.15, -0.1) is 0 Å². The van der Waals surface area contributed by atoms with Gasteiger partial charge in [-0.3, -0.25) is 9.69 Å². The molecule has 1 N–H and O–H groups in total. The lowest BCUT2D eigenvalue weighted by atomic mass is 9.60. The molecule has 3 atom stereocenters. The van der Waals surface area contributed by atoms with Crippen LogP contribution in [0.2, 0.25) is 0 Å². The molecule has 0 bridgehead atoms. The monoisotopic (exact) mass is 343 g/mol. The molecule has 4 aliphatic rings. The lowest BCUT2D eigenvalue weighted by molar-refractivity contribution is -0.162. The Morgan fingerprint density at radius 1 is 1.12 bits per heavy atom. The predicted molar refractivity (Wildman–Crippen MR) is 88.9 cm³/mol. The van der Waals surface area contributed by atoms with Crippen molar-refractivity contribution in [2.45, 2.75) is 68.8 Å². The van der Waals surface area contributed by atoms with E-state index in [4.69, 9.17) is 0 Å². The molecule has 0 radical (unpaired) electrons. The third-order valence-electron chi connectivity index (χ3n) is 6.34. The third kappa shape index (κ3) is 1.87. The summed E-state index contributed by atoms with van der Waals surface area (Å²) >= 11 is 1.50. The number of amides is 1. The minimum absolute atomic E-state index is 0.0772. The molecule has 2 heterocycles. The lowest BCUT2D eigenvalue weighted by Gasteiger charge is -2.48. The average Bonchev–Trinajstić information content (AvgIpc) is 2.89. The van der Waals surface area contributed by atoms with E-state index < -0.39 is 17.1 Å². The highest BCUT2D eigenvalue weighted by molar-refractivity contribution is 8.04. The van der Waals surface area contributed by atoms with Gasteiger partial charge in [0.05, 0.1) is 28.0 Å². The number of nitrogens with zero attached hydrogens (tertiary/aromatic N) is 3. The minimum atomic E-state index is -1.22. The molecule has 2 aliphatic heterocycles. The van der Waals surface area contributed by atoms with Crippen molar-refractivity contribution in [1.82, 2.24) is 4.90 Å². The SMILES string of the molecule is N#CC1=C2S[C@H]3CCCC[C@]3(O)N2C(=O)[C@@H](C#N)C12CCCCC2. The molecule has 126 valence electrons. The first kappa shape index (κ1) is 16.0. The van der Waals surface area contributed by atoms with Crippen molar-refractivity contribution in [2.24, 2.45) is 11.3 Å². The molecular weight excluding hydrogens is 322 g/mol. The standard InChI is InChI=1S/C18H21N3O2S/c19-10-12-15(22)21-16(24-14-6-2-5-9-18(14,21)23)13(11-20)17(12)7-3-1-4-8-17/h12,14,23H,1-9H2/t12-,14+,18-/m1/s1. The van der Waals surface area contributed by atoms with E-state index in [0.717, 1.165) is 51.4 Å². The van der Waals surface area contributed by atoms with E-state index in [1.165, 1.54) is 16.7 Å². The van der Waals surface area contributed by atoms with Crippen LogP contribution in [-0.4, -0.2) is 26.9 Å². The van der Waals surface area contributed by atoms with Crippen molar-refractivity contribution in [1.29, 1.82) is 10.5 Å². The van der Waals surface area contributed by atoms with Gasteiger partial charge < -0.3 is 5.11 Å². The molecule has 3 fully saturated rings. The third-order valence-corrected chi connectivity index (χ3v) is 7.85. The fraction of sp³-hybridized carbons (Fsp3) is 0.722. The first-order valence-electron chi connectivity index (χ1n) is 8.86. The van der Waals surface area contributed by atoms with Crippen molar-refractivity contribution in [2.75, 3.05) is 0 Å². The highest BCUT2D eigenvalue weighted by atomic mass is 32.2. The summed E-state index contributed by atoms with van der Waals surface area (Å²) in [4.78, 5) is 14.7. The van der Waals surface area contributed by atoms with Crippen molar-refractivity contribution < 1.29 is 9.90 Å². The highest BCUT2D eigenvalue weighted by Crippen LogP contribution is 2.61. The second-order valence-electron chi connectivity index (χ2n) is 7.48. The molecule has 1 spiro atoms. The lowest BCUT2D eigenvalue weighted by Crippen LogP contribution is -2.59. The largest absolute Gasteiger partial charge is 0.369 e. The number of aliphatic hydroxyl groups is 1. The summed E-state index contributed by atoms with van der Waals surface area (Å²) in [7, 11) is 0. The van der Waals surface area contributed by atoms with Crippen LogP contribution in [0, 0.1) is 34.0 Å². The van der Waals surface area contributed by atoms with Gasteiger partial charge in [0.25, 0.3) is 0 Å². The summed E-state index contributed by atoms with van der Waals surface area (Å²) < 4.78 is 0. The summed E-state index contributed by atoms with van der Waals surface area (Å²) in [5, 5.41) is 31.5. The Labute approximate surface area is 146 Å². The maximum atomic E-state index is 13.2. The predicted octanol–water partition coefficient (Wildman–Crippen LogP) is 3.03. The van der Waals surface area contributed by atoms with E-state index in [9.17, 15) is 20.4 Å². The Balaban J connectivity index is 1.91. The van der Waals surface area contributed by atoms with Crippen molar-refractivity contribution in [3.8, 4) is 12.1 Å². The van der Waals surface area contributed by atoms with Crippen LogP contribution < -0.4 is 0 Å². The number of hydrogen-bond acceptors (Lipinski definition) is 5. The Morgan fingerprint density at radius 2 is 1.83 bits per heavy atom. The molecule has 0 aromatic rings. The van der Waals surface area contributed by atoms with Gasteiger partial charge in [0, 0.05) is 5.41 Å². The molecule has 5 nitrogen and oxygen atoms in total. The van der Waals surface area contributed by atoms with E-state index in [-0.39, 0.29) is 11.2 Å². The molecule has 1 saturated heterocycles. The summed E-state index contributed by atoms with van der Waals surface area (Å²) in [6.07, 6.45) is 7.71. The van der Waals surface area contributed by atoms with Gasteiger partial charge in [-0.25, -0.2) is 0 Å². The Bertz CT molecular complexity index is 698. The fourth-order valence-corrected chi connectivity index (χ4v) is 6.81. The van der Waals surface area contributed by atoms with Gasteiger partial charge in [0.2, 0.25) is 5.91 Å². The molecule has 2 saturated carbocycles. The highest BCUT2D eigenvalue weighted by Gasteiger charge is 2.63. The molecule has 0 unspecified atom stereocenters. The van der Waals surface area contributed by atoms with Crippen LogP contribution in [0.1, 0.15) is 57.8 Å². The maximum absolute atomic E-state index is 13.2. The summed E-state index contributed by atoms with van der Waals surface area (Å²) in [6, 6.07) is 4.56. The molecule has 24 heavy (non-hydrogen) atoms. The second kappa shape index (κ2) is 5.51. The first-order chi connectivity index (χ1) is 11.6. The van der Waals surface area contributed by atoms with Crippen LogP contribution >= 0.6 is 11.8 Å². The maximum Gasteiger partial charge on any atom is 0.248 e. The van der Waals surface area contributed by atoms with Crippen molar-refractivity contribution in [3.63, 3.8) is 0 Å². The normalized spacial score (nSPS) is 37.6. The number of allylic oxidation sites excluding steroid dienone is 1. The van der Waals surface area contributed by atoms with Crippen LogP contribution in [0.25, 0.3) is 0 Å². The van der Waals surface area contributed by atoms with E-state index in [0.29, 0.717) is 17.0 Å². The Morgan fingerprint density at radius 3 is 2.50 bits per heavy atom. The number of hydrogen-bond donors (Lipinski definition) is 1. The number of carbonyl (C=O) groups excluding carboxylic acids is 1. The number of fused-ring (bicyclic) bond motifs is 3. The molecule has 6 heteroatoms. The smallest absolute Gasteiger partial charge is 0.248 e. The van der Waals surface area contributed by atoms with Crippen LogP contribution in [0.5, 0.6) is 0 Å². The number of thioether (sulfide) groups is 1. The van der Waals surface area contributed by atoms with E-state index >= 15 is 0 Å². The van der Waals surface area contributed by atoms with Crippen LogP contribution in [0.3, 0.4) is 0 Å². The summed E-state index contributed by atoms with van der Waals surface area (Å²) in [5.41, 5.74) is -1.27.